The van der Waals surface area contributed by atoms with Gasteiger partial charge in [0.1, 0.15) is 0 Å². The van der Waals surface area contributed by atoms with Crippen LogP contribution in [0.3, 0.4) is 0 Å². The van der Waals surface area contributed by atoms with Crippen LogP contribution in [-0.4, -0.2) is 12.6 Å². The Kier molecular flexibility index (Phi) is 5.54. The predicted octanol–water partition coefficient (Wildman–Crippen LogP) is 3.59. The van der Waals surface area contributed by atoms with Gasteiger partial charge in [-0.25, -0.2) is 0 Å². The lowest BCUT2D eigenvalue weighted by Gasteiger charge is -2.13. The van der Waals surface area contributed by atoms with Crippen molar-refractivity contribution in [3.63, 3.8) is 0 Å². The van der Waals surface area contributed by atoms with Gasteiger partial charge in [-0.15, -0.1) is 0 Å². The quantitative estimate of drug-likeness (QED) is 0.586. The zero-order valence-electron chi connectivity index (χ0n) is 10.2. The van der Waals surface area contributed by atoms with E-state index in [-0.39, 0.29) is 0 Å². The summed E-state index contributed by atoms with van der Waals surface area (Å²) in [6, 6.07) is 0.736. The van der Waals surface area contributed by atoms with Crippen LogP contribution < -0.4 is 5.32 Å². The van der Waals surface area contributed by atoms with Gasteiger partial charge >= 0.3 is 0 Å². The van der Waals surface area contributed by atoms with Gasteiger partial charge in [-0.3, -0.25) is 0 Å². The van der Waals surface area contributed by atoms with E-state index >= 15 is 0 Å². The molecule has 0 bridgehead atoms. The van der Waals surface area contributed by atoms with Gasteiger partial charge in [0.2, 0.25) is 0 Å². The monoisotopic (exact) mass is 197 g/mol. The van der Waals surface area contributed by atoms with Gasteiger partial charge < -0.3 is 5.32 Å². The van der Waals surface area contributed by atoms with E-state index in [1.54, 1.807) is 0 Å². The highest BCUT2D eigenvalue weighted by atomic mass is 14.9. The summed E-state index contributed by atoms with van der Waals surface area (Å²) in [5, 5.41) is 3.65. The number of nitrogens with one attached hydrogen (secondary N) is 1. The molecule has 1 fully saturated rings. The first-order valence-corrected chi connectivity index (χ1v) is 6.47. The molecule has 84 valence electrons. The second-order valence-electron chi connectivity index (χ2n) is 5.13. The zero-order valence-corrected chi connectivity index (χ0v) is 10.2. The number of rotatable bonds is 8. The lowest BCUT2D eigenvalue weighted by Crippen LogP contribution is -2.28. The van der Waals surface area contributed by atoms with Crippen molar-refractivity contribution in [1.29, 1.82) is 0 Å². The first-order chi connectivity index (χ1) is 6.74. The van der Waals surface area contributed by atoms with E-state index in [0.29, 0.717) is 0 Å². The first-order valence-electron chi connectivity index (χ1n) is 6.47. The van der Waals surface area contributed by atoms with Crippen molar-refractivity contribution in [2.45, 2.75) is 65.3 Å². The van der Waals surface area contributed by atoms with Gasteiger partial charge in [-0.05, 0) is 38.1 Å². The van der Waals surface area contributed by atoms with Crippen LogP contribution in [0.25, 0.3) is 0 Å². The molecule has 3 atom stereocenters. The standard InChI is InChI=1S/C13H27N/c1-4-5-6-7-8-12(3)14-10-13-9-11(13)2/h11-14H,4-10H2,1-3H3. The third kappa shape index (κ3) is 4.99. The summed E-state index contributed by atoms with van der Waals surface area (Å²) in [6.45, 7) is 8.23. The normalized spacial score (nSPS) is 27.6. The minimum Gasteiger partial charge on any atom is -0.314 e. The third-order valence-corrected chi connectivity index (χ3v) is 3.50. The fourth-order valence-electron chi connectivity index (χ4n) is 2.02. The third-order valence-electron chi connectivity index (χ3n) is 3.50. The first kappa shape index (κ1) is 12.0. The summed E-state index contributed by atoms with van der Waals surface area (Å²) >= 11 is 0. The van der Waals surface area contributed by atoms with E-state index < -0.39 is 0 Å². The molecule has 0 aromatic rings. The van der Waals surface area contributed by atoms with Crippen molar-refractivity contribution < 1.29 is 0 Å². The maximum Gasteiger partial charge on any atom is 0.00388 e. The van der Waals surface area contributed by atoms with Gasteiger partial charge in [0, 0.05) is 6.04 Å². The van der Waals surface area contributed by atoms with E-state index in [4.69, 9.17) is 0 Å². The van der Waals surface area contributed by atoms with Crippen molar-refractivity contribution in [3.05, 3.63) is 0 Å². The predicted molar refractivity (Wildman–Crippen MR) is 63.5 cm³/mol. The fraction of sp³-hybridized carbons (Fsp3) is 1.00. The van der Waals surface area contributed by atoms with Crippen LogP contribution in [0.5, 0.6) is 0 Å². The Bertz CT molecular complexity index is 144. The minimum atomic E-state index is 0.736. The Hall–Kier alpha value is -0.0400. The molecule has 0 saturated heterocycles. The van der Waals surface area contributed by atoms with Crippen LogP contribution in [0.4, 0.5) is 0 Å². The molecule has 0 aliphatic heterocycles. The Balaban J connectivity index is 1.85. The molecular formula is C13H27N. The Morgan fingerprint density at radius 2 is 2.00 bits per heavy atom. The molecule has 0 amide bonds. The van der Waals surface area contributed by atoms with Gasteiger partial charge in [-0.2, -0.15) is 0 Å². The van der Waals surface area contributed by atoms with E-state index in [0.717, 1.165) is 17.9 Å². The SMILES string of the molecule is CCCCCCC(C)NCC1CC1C. The largest absolute Gasteiger partial charge is 0.314 e. The summed E-state index contributed by atoms with van der Waals surface area (Å²) < 4.78 is 0. The van der Waals surface area contributed by atoms with Crippen molar-refractivity contribution >= 4 is 0 Å². The molecule has 1 aliphatic carbocycles. The molecule has 1 nitrogen and oxygen atoms in total. The number of unbranched alkanes of at least 4 members (excludes halogenated alkanes) is 3. The molecule has 0 spiro atoms. The van der Waals surface area contributed by atoms with Crippen LogP contribution in [0.2, 0.25) is 0 Å². The molecule has 3 unspecified atom stereocenters. The highest BCUT2D eigenvalue weighted by molar-refractivity contribution is 4.84. The maximum atomic E-state index is 3.65. The van der Waals surface area contributed by atoms with E-state index in [1.807, 2.05) is 0 Å². The average molecular weight is 197 g/mol. The maximum absolute atomic E-state index is 3.65. The molecule has 0 aromatic heterocycles. The van der Waals surface area contributed by atoms with Crippen LogP contribution in [-0.2, 0) is 0 Å². The van der Waals surface area contributed by atoms with Gasteiger partial charge in [-0.1, -0.05) is 39.5 Å². The van der Waals surface area contributed by atoms with Crippen molar-refractivity contribution in [2.24, 2.45) is 11.8 Å². The fourth-order valence-corrected chi connectivity index (χ4v) is 2.02. The minimum absolute atomic E-state index is 0.736. The molecule has 1 saturated carbocycles. The highest BCUT2D eigenvalue weighted by Gasteiger charge is 2.31. The topological polar surface area (TPSA) is 12.0 Å². The second-order valence-corrected chi connectivity index (χ2v) is 5.13. The van der Waals surface area contributed by atoms with Crippen LogP contribution in [0.15, 0.2) is 0 Å². The van der Waals surface area contributed by atoms with E-state index in [1.165, 1.54) is 45.1 Å². The average Bonchev–Trinajstić information content (AvgIpc) is 2.86. The van der Waals surface area contributed by atoms with Crippen molar-refractivity contribution in [1.82, 2.24) is 5.32 Å². The molecule has 1 N–H and O–H groups in total. The lowest BCUT2D eigenvalue weighted by molar-refractivity contribution is 0.467. The smallest absolute Gasteiger partial charge is 0.00388 e. The Labute approximate surface area is 89.7 Å². The molecule has 14 heavy (non-hydrogen) atoms. The Morgan fingerprint density at radius 3 is 2.57 bits per heavy atom. The zero-order chi connectivity index (χ0) is 10.4. The van der Waals surface area contributed by atoms with Gasteiger partial charge in [0.25, 0.3) is 0 Å². The Morgan fingerprint density at radius 1 is 1.29 bits per heavy atom. The van der Waals surface area contributed by atoms with Crippen LogP contribution in [0.1, 0.15) is 59.3 Å². The molecule has 1 aliphatic rings. The van der Waals surface area contributed by atoms with E-state index in [2.05, 4.69) is 26.1 Å². The van der Waals surface area contributed by atoms with Crippen LogP contribution in [0, 0.1) is 11.8 Å². The summed E-state index contributed by atoms with van der Waals surface area (Å²) in [5.74, 6) is 1.99. The molecule has 1 heteroatoms. The molecule has 0 aromatic carbocycles. The van der Waals surface area contributed by atoms with Gasteiger partial charge in [0.05, 0.1) is 0 Å². The highest BCUT2D eigenvalue weighted by Crippen LogP contribution is 2.36. The second kappa shape index (κ2) is 6.44. The lowest BCUT2D eigenvalue weighted by atomic mass is 10.1. The van der Waals surface area contributed by atoms with Crippen LogP contribution >= 0.6 is 0 Å². The summed E-state index contributed by atoms with van der Waals surface area (Å²) in [6.07, 6.45) is 8.40. The number of hydrogen-bond acceptors (Lipinski definition) is 1. The molecule has 0 heterocycles. The van der Waals surface area contributed by atoms with Crippen molar-refractivity contribution in [3.8, 4) is 0 Å². The number of hydrogen-bond donors (Lipinski definition) is 1. The van der Waals surface area contributed by atoms with Gasteiger partial charge in [0.15, 0.2) is 0 Å². The van der Waals surface area contributed by atoms with E-state index in [9.17, 15) is 0 Å². The summed E-state index contributed by atoms with van der Waals surface area (Å²) in [4.78, 5) is 0. The summed E-state index contributed by atoms with van der Waals surface area (Å²) in [5.41, 5.74) is 0. The molecular weight excluding hydrogens is 170 g/mol. The molecule has 1 rings (SSSR count). The summed E-state index contributed by atoms with van der Waals surface area (Å²) in [7, 11) is 0. The molecule has 0 radical (unpaired) electrons. The van der Waals surface area contributed by atoms with Crippen molar-refractivity contribution in [2.75, 3.05) is 6.54 Å².